The van der Waals surface area contributed by atoms with E-state index in [0.717, 1.165) is 12.1 Å². The van der Waals surface area contributed by atoms with E-state index >= 15 is 0 Å². The SMILES string of the molecule is C=CCCCOC(=O)C1CC(c2c(F)cccc2F)=N[C@H]1c1ccc(-c2ccc(OC(F)(F)F)cc2)cc1. The van der Waals surface area contributed by atoms with E-state index in [1.54, 1.807) is 30.3 Å². The maximum Gasteiger partial charge on any atom is 0.573 e. The summed E-state index contributed by atoms with van der Waals surface area (Å²) in [7, 11) is 0. The summed E-state index contributed by atoms with van der Waals surface area (Å²) in [6.07, 6.45) is -1.78. The second-order valence-corrected chi connectivity index (χ2v) is 8.72. The average molecular weight is 530 g/mol. The molecule has 2 atom stereocenters. The van der Waals surface area contributed by atoms with Gasteiger partial charge in [0.1, 0.15) is 17.4 Å². The molecular formula is C29H24F5NO3. The Hall–Kier alpha value is -4.01. The standard InChI is InChI=1S/C29H24F5NO3/c1-2-3-4-16-37-28(36)22-17-25(26-23(30)6-5-7-24(26)31)35-27(22)20-10-8-18(9-11-20)19-12-14-21(15-13-19)38-29(32,33)34/h2,5-15,22,27H,1,3-4,16-17H2/t22?,27-/m0/s1. The lowest BCUT2D eigenvalue weighted by Gasteiger charge is -2.18. The van der Waals surface area contributed by atoms with Gasteiger partial charge in [-0.05, 0) is 53.8 Å². The largest absolute Gasteiger partial charge is 0.573 e. The van der Waals surface area contributed by atoms with Crippen LogP contribution in [0.2, 0.25) is 0 Å². The van der Waals surface area contributed by atoms with Gasteiger partial charge in [-0.3, -0.25) is 9.79 Å². The van der Waals surface area contributed by atoms with Crippen molar-refractivity contribution in [3.63, 3.8) is 0 Å². The quantitative estimate of drug-likeness (QED) is 0.124. The van der Waals surface area contributed by atoms with Gasteiger partial charge < -0.3 is 9.47 Å². The van der Waals surface area contributed by atoms with Crippen LogP contribution in [0, 0.1) is 17.6 Å². The minimum Gasteiger partial charge on any atom is -0.465 e. The van der Waals surface area contributed by atoms with Crippen LogP contribution in [-0.2, 0) is 9.53 Å². The van der Waals surface area contributed by atoms with Crippen molar-refractivity contribution in [3.05, 3.63) is 102 Å². The van der Waals surface area contributed by atoms with Crippen LogP contribution in [0.4, 0.5) is 22.0 Å². The molecule has 198 valence electrons. The summed E-state index contributed by atoms with van der Waals surface area (Å²) in [4.78, 5) is 17.5. The number of allylic oxidation sites excluding steroid dienone is 1. The fourth-order valence-electron chi connectivity index (χ4n) is 4.32. The number of hydrogen-bond donors (Lipinski definition) is 0. The highest BCUT2D eigenvalue weighted by Crippen LogP contribution is 2.39. The van der Waals surface area contributed by atoms with Gasteiger partial charge in [-0.15, -0.1) is 19.8 Å². The smallest absolute Gasteiger partial charge is 0.465 e. The first-order valence-corrected chi connectivity index (χ1v) is 11.9. The highest BCUT2D eigenvalue weighted by molar-refractivity contribution is 6.04. The van der Waals surface area contributed by atoms with Crippen LogP contribution < -0.4 is 4.74 Å². The second kappa shape index (κ2) is 11.6. The lowest BCUT2D eigenvalue weighted by molar-refractivity contribution is -0.274. The van der Waals surface area contributed by atoms with Gasteiger partial charge in [0, 0.05) is 12.1 Å². The van der Waals surface area contributed by atoms with Crippen molar-refractivity contribution in [2.24, 2.45) is 10.9 Å². The highest BCUT2D eigenvalue weighted by Gasteiger charge is 2.39. The van der Waals surface area contributed by atoms with Gasteiger partial charge in [0.15, 0.2) is 0 Å². The minimum atomic E-state index is -4.78. The molecule has 0 aliphatic carbocycles. The number of rotatable bonds is 9. The molecule has 1 aliphatic heterocycles. The average Bonchev–Trinajstić information content (AvgIpc) is 3.31. The molecule has 1 unspecified atom stereocenters. The minimum absolute atomic E-state index is 0.00519. The van der Waals surface area contributed by atoms with Crippen LogP contribution in [0.5, 0.6) is 5.75 Å². The van der Waals surface area contributed by atoms with Crippen molar-refractivity contribution < 1.29 is 36.2 Å². The van der Waals surface area contributed by atoms with Gasteiger partial charge in [-0.1, -0.05) is 48.5 Å². The molecule has 3 aromatic rings. The molecule has 0 fully saturated rings. The number of alkyl halides is 3. The Bertz CT molecular complexity index is 1300. The maximum absolute atomic E-state index is 14.5. The summed E-state index contributed by atoms with van der Waals surface area (Å²) in [5.41, 5.74) is 1.86. The first-order valence-electron chi connectivity index (χ1n) is 11.9. The fraction of sp³-hybridized carbons (Fsp3) is 0.241. The Morgan fingerprint density at radius 2 is 1.58 bits per heavy atom. The number of esters is 1. The van der Waals surface area contributed by atoms with E-state index in [1.165, 1.54) is 30.3 Å². The molecule has 0 radical (unpaired) electrons. The molecule has 1 heterocycles. The van der Waals surface area contributed by atoms with E-state index in [0.29, 0.717) is 29.5 Å². The van der Waals surface area contributed by atoms with Crippen LogP contribution >= 0.6 is 0 Å². The molecule has 0 amide bonds. The molecule has 0 saturated carbocycles. The summed E-state index contributed by atoms with van der Waals surface area (Å²) < 4.78 is 75.6. The topological polar surface area (TPSA) is 47.9 Å². The Morgan fingerprint density at radius 1 is 0.974 bits per heavy atom. The maximum atomic E-state index is 14.5. The van der Waals surface area contributed by atoms with E-state index in [9.17, 15) is 26.7 Å². The van der Waals surface area contributed by atoms with Gasteiger partial charge in [-0.25, -0.2) is 8.78 Å². The van der Waals surface area contributed by atoms with Gasteiger partial charge in [0.25, 0.3) is 0 Å². The molecule has 0 bridgehead atoms. The normalized spacial score (nSPS) is 17.1. The summed E-state index contributed by atoms with van der Waals surface area (Å²) in [5.74, 6) is -3.16. The molecule has 38 heavy (non-hydrogen) atoms. The van der Waals surface area contributed by atoms with Gasteiger partial charge >= 0.3 is 12.3 Å². The molecular weight excluding hydrogens is 505 g/mol. The molecule has 4 nitrogen and oxygen atoms in total. The third-order valence-electron chi connectivity index (χ3n) is 6.11. The predicted octanol–water partition coefficient (Wildman–Crippen LogP) is 7.59. The van der Waals surface area contributed by atoms with E-state index in [1.807, 2.05) is 0 Å². The molecule has 4 rings (SSSR count). The number of nitrogens with zero attached hydrogens (tertiary/aromatic N) is 1. The molecule has 9 heteroatoms. The van der Waals surface area contributed by atoms with Gasteiger partial charge in [0.05, 0.1) is 24.1 Å². The van der Waals surface area contributed by atoms with E-state index in [2.05, 4.69) is 16.3 Å². The molecule has 1 aliphatic rings. The lowest BCUT2D eigenvalue weighted by atomic mass is 9.90. The van der Waals surface area contributed by atoms with Crippen molar-refractivity contribution in [3.8, 4) is 16.9 Å². The summed E-state index contributed by atoms with van der Waals surface area (Å²) in [6.45, 7) is 3.82. The van der Waals surface area contributed by atoms with Crippen molar-refractivity contribution in [2.75, 3.05) is 6.61 Å². The lowest BCUT2D eigenvalue weighted by Crippen LogP contribution is -2.22. The van der Waals surface area contributed by atoms with Crippen molar-refractivity contribution in [1.29, 1.82) is 0 Å². The molecule has 0 aromatic heterocycles. The third kappa shape index (κ3) is 6.45. The summed E-state index contributed by atoms with van der Waals surface area (Å²) >= 11 is 0. The van der Waals surface area contributed by atoms with E-state index < -0.39 is 35.9 Å². The van der Waals surface area contributed by atoms with Crippen molar-refractivity contribution in [1.82, 2.24) is 0 Å². The zero-order chi connectivity index (χ0) is 27.3. The first kappa shape index (κ1) is 27.0. The number of unbranched alkanes of at least 4 members (excludes halogenated alkanes) is 1. The van der Waals surface area contributed by atoms with Crippen LogP contribution in [0.3, 0.4) is 0 Å². The first-order chi connectivity index (χ1) is 18.2. The van der Waals surface area contributed by atoms with Crippen LogP contribution in [0.1, 0.15) is 36.4 Å². The number of ether oxygens (including phenoxy) is 2. The number of aliphatic imine (C=N–C) groups is 1. The molecule has 3 aromatic carbocycles. The Labute approximate surface area is 216 Å². The zero-order valence-electron chi connectivity index (χ0n) is 20.2. The van der Waals surface area contributed by atoms with Gasteiger partial charge in [-0.2, -0.15) is 0 Å². The summed E-state index contributed by atoms with van der Waals surface area (Å²) in [6, 6.07) is 15.1. The second-order valence-electron chi connectivity index (χ2n) is 8.72. The predicted molar refractivity (Wildman–Crippen MR) is 133 cm³/mol. The number of carbonyl (C=O) groups excluding carboxylic acids is 1. The van der Waals surface area contributed by atoms with Crippen LogP contribution in [-0.4, -0.2) is 24.7 Å². The highest BCUT2D eigenvalue weighted by atomic mass is 19.4. The number of hydrogen-bond acceptors (Lipinski definition) is 4. The van der Waals surface area contributed by atoms with E-state index in [4.69, 9.17) is 4.74 Å². The third-order valence-corrected chi connectivity index (χ3v) is 6.11. The van der Waals surface area contributed by atoms with Crippen molar-refractivity contribution >= 4 is 11.7 Å². The Morgan fingerprint density at radius 3 is 2.16 bits per heavy atom. The number of halogens is 5. The van der Waals surface area contributed by atoms with Gasteiger partial charge in [0.2, 0.25) is 0 Å². The zero-order valence-corrected chi connectivity index (χ0v) is 20.2. The molecule has 0 spiro atoms. The summed E-state index contributed by atoms with van der Waals surface area (Å²) in [5, 5.41) is 0. The van der Waals surface area contributed by atoms with E-state index in [-0.39, 0.29) is 30.1 Å². The van der Waals surface area contributed by atoms with Crippen molar-refractivity contribution in [2.45, 2.75) is 31.7 Å². The number of benzene rings is 3. The fourth-order valence-corrected chi connectivity index (χ4v) is 4.32. The van der Waals surface area contributed by atoms with Crippen LogP contribution in [0.15, 0.2) is 84.4 Å². The molecule has 0 N–H and O–H groups in total. The van der Waals surface area contributed by atoms with Crippen LogP contribution in [0.25, 0.3) is 11.1 Å². The monoisotopic (exact) mass is 529 g/mol. The molecule has 0 saturated heterocycles. The number of carbonyl (C=O) groups is 1. The Balaban J connectivity index is 1.59. The Kier molecular flexibility index (Phi) is 8.24.